The predicted octanol–water partition coefficient (Wildman–Crippen LogP) is 2.84. The first-order valence-corrected chi connectivity index (χ1v) is 13.2. The van der Waals surface area contributed by atoms with Gasteiger partial charge in [0.1, 0.15) is 12.4 Å². The summed E-state index contributed by atoms with van der Waals surface area (Å²) in [5, 5.41) is 20.7. The van der Waals surface area contributed by atoms with Crippen molar-refractivity contribution in [3.63, 3.8) is 0 Å². The van der Waals surface area contributed by atoms with Crippen molar-refractivity contribution in [1.29, 1.82) is 0 Å². The molecule has 9 atom stereocenters. The van der Waals surface area contributed by atoms with Gasteiger partial charge in [-0.1, -0.05) is 13.8 Å². The number of nitrogens with zero attached hydrogens (tertiary/aromatic N) is 1. The molecule has 0 aromatic heterocycles. The van der Waals surface area contributed by atoms with E-state index in [1.165, 1.54) is 0 Å². The van der Waals surface area contributed by atoms with Crippen LogP contribution in [0.3, 0.4) is 0 Å². The number of hydrogen-bond acceptors (Lipinski definition) is 6. The number of carbonyl (C=O) groups excluding carboxylic acids is 2. The van der Waals surface area contributed by atoms with Gasteiger partial charge in [0.15, 0.2) is 5.78 Å². The Hall–Kier alpha value is -0.820. The molecule has 5 fully saturated rings. The lowest BCUT2D eigenvalue weighted by molar-refractivity contribution is -0.177. The molecule has 1 heterocycles. The fourth-order valence-electron chi connectivity index (χ4n) is 9.44. The van der Waals surface area contributed by atoms with Crippen molar-refractivity contribution < 1.29 is 24.5 Å². The Bertz CT molecular complexity index is 812. The average Bonchev–Trinajstić information content (AvgIpc) is 3.08. The number of rotatable bonds is 3. The zero-order valence-corrected chi connectivity index (χ0v) is 20.9. The third-order valence-electron chi connectivity index (χ3n) is 10.8. The second-order valence-electron chi connectivity index (χ2n) is 13.1. The van der Waals surface area contributed by atoms with E-state index < -0.39 is 6.61 Å². The summed E-state index contributed by atoms with van der Waals surface area (Å²) in [6.45, 7) is 10.6. The van der Waals surface area contributed by atoms with Crippen LogP contribution in [0, 0.1) is 40.4 Å². The molecule has 0 radical (unpaired) electrons. The number of aliphatic hydroxyl groups excluding tert-OH is 2. The van der Waals surface area contributed by atoms with Crippen molar-refractivity contribution in [3.8, 4) is 0 Å². The molecule has 0 amide bonds. The Morgan fingerprint density at radius 2 is 1.88 bits per heavy atom. The Kier molecular flexibility index (Phi) is 5.87. The van der Waals surface area contributed by atoms with Crippen LogP contribution in [-0.2, 0) is 14.3 Å². The van der Waals surface area contributed by atoms with Crippen molar-refractivity contribution in [2.45, 2.75) is 90.4 Å². The smallest absolute Gasteiger partial charge is 0.161 e. The van der Waals surface area contributed by atoms with E-state index in [1.807, 2.05) is 0 Å². The zero-order valence-electron chi connectivity index (χ0n) is 20.9. The van der Waals surface area contributed by atoms with Gasteiger partial charge >= 0.3 is 0 Å². The van der Waals surface area contributed by atoms with Gasteiger partial charge in [-0.25, -0.2) is 0 Å². The highest BCUT2D eigenvalue weighted by atomic mass is 16.5. The summed E-state index contributed by atoms with van der Waals surface area (Å²) in [6.07, 6.45) is 5.65. The highest BCUT2D eigenvalue weighted by molar-refractivity contribution is 5.88. The summed E-state index contributed by atoms with van der Waals surface area (Å²) in [7, 11) is 0. The number of hydrogen-bond donors (Lipinski definition) is 2. The highest BCUT2D eigenvalue weighted by Gasteiger charge is 2.65. The van der Waals surface area contributed by atoms with Crippen molar-refractivity contribution in [3.05, 3.63) is 0 Å². The van der Waals surface area contributed by atoms with Crippen LogP contribution in [0.15, 0.2) is 0 Å². The van der Waals surface area contributed by atoms with Crippen molar-refractivity contribution >= 4 is 11.6 Å². The fourth-order valence-corrected chi connectivity index (χ4v) is 9.44. The largest absolute Gasteiger partial charge is 0.391 e. The fraction of sp³-hybridized carbons (Fsp3) is 0.926. The lowest BCUT2D eigenvalue weighted by atomic mass is 9.43. The first-order chi connectivity index (χ1) is 15.5. The van der Waals surface area contributed by atoms with E-state index in [2.05, 4.69) is 32.6 Å². The number of ether oxygens (including phenoxy) is 1. The SMILES string of the molecule is CC1(C)CN(C2C[C@@]3(C)C(CC[C@H]4[C@@H]5CC[C@H](C(=O)CO)[C@@]5(C)CC(=O)[C@@H]43)CC2O)CCO1. The van der Waals surface area contributed by atoms with Gasteiger partial charge in [-0.15, -0.1) is 0 Å². The minimum atomic E-state index is -0.412. The van der Waals surface area contributed by atoms with E-state index in [9.17, 15) is 19.8 Å². The number of Topliss-reactive ketones (excluding diaryl/α,β-unsaturated/α-hetero) is 2. The predicted molar refractivity (Wildman–Crippen MR) is 124 cm³/mol. The summed E-state index contributed by atoms with van der Waals surface area (Å²) < 4.78 is 5.93. The first kappa shape index (κ1) is 23.9. The number of ketones is 2. The molecule has 6 heteroatoms. The van der Waals surface area contributed by atoms with E-state index in [4.69, 9.17) is 4.74 Å². The maximum absolute atomic E-state index is 13.9. The number of aliphatic hydroxyl groups is 2. The lowest BCUT2D eigenvalue weighted by Crippen LogP contribution is -2.64. The third kappa shape index (κ3) is 3.66. The Labute approximate surface area is 198 Å². The van der Waals surface area contributed by atoms with Gasteiger partial charge in [0.25, 0.3) is 0 Å². The molecule has 33 heavy (non-hydrogen) atoms. The molecule has 4 saturated carbocycles. The van der Waals surface area contributed by atoms with Crippen molar-refractivity contribution in [2.75, 3.05) is 26.3 Å². The maximum Gasteiger partial charge on any atom is 0.161 e. The summed E-state index contributed by atoms with van der Waals surface area (Å²) in [4.78, 5) is 28.8. The molecule has 5 aliphatic rings. The second-order valence-corrected chi connectivity index (χ2v) is 13.1. The van der Waals surface area contributed by atoms with Gasteiger partial charge in [-0.3, -0.25) is 14.5 Å². The molecule has 4 aliphatic carbocycles. The van der Waals surface area contributed by atoms with Gasteiger partial charge in [-0.2, -0.15) is 0 Å². The van der Waals surface area contributed by atoms with Crippen LogP contribution in [0.4, 0.5) is 0 Å². The highest BCUT2D eigenvalue weighted by Crippen LogP contribution is 2.66. The van der Waals surface area contributed by atoms with Crippen LogP contribution in [0.25, 0.3) is 0 Å². The van der Waals surface area contributed by atoms with E-state index in [0.29, 0.717) is 36.6 Å². The van der Waals surface area contributed by atoms with Crippen molar-refractivity contribution in [1.82, 2.24) is 4.90 Å². The number of morpholine rings is 1. The van der Waals surface area contributed by atoms with Gasteiger partial charge < -0.3 is 14.9 Å². The lowest BCUT2D eigenvalue weighted by Gasteiger charge is -2.62. The maximum atomic E-state index is 13.9. The summed E-state index contributed by atoms with van der Waals surface area (Å²) in [6, 6.07) is 0.0709. The quantitative estimate of drug-likeness (QED) is 0.672. The van der Waals surface area contributed by atoms with Crippen LogP contribution in [-0.4, -0.2) is 70.7 Å². The molecule has 5 rings (SSSR count). The van der Waals surface area contributed by atoms with Crippen LogP contribution < -0.4 is 0 Å². The normalized spacial score (nSPS) is 49.8. The molecule has 186 valence electrons. The Balaban J connectivity index is 1.43. The van der Waals surface area contributed by atoms with Crippen molar-refractivity contribution in [2.24, 2.45) is 40.4 Å². The van der Waals surface area contributed by atoms with E-state index in [-0.39, 0.29) is 46.2 Å². The van der Waals surface area contributed by atoms with Crippen LogP contribution in [0.1, 0.15) is 72.6 Å². The number of fused-ring (bicyclic) bond motifs is 5. The van der Waals surface area contributed by atoms with Gasteiger partial charge in [0, 0.05) is 37.4 Å². The molecule has 1 saturated heterocycles. The minimum absolute atomic E-state index is 0.0290. The minimum Gasteiger partial charge on any atom is -0.391 e. The molecule has 1 aliphatic heterocycles. The standard InChI is InChI=1S/C27H43NO5/c1-25(2)15-28(9-10-33-25)20-12-26(3)16(11-21(20)30)5-6-17-18-7-8-19(23(32)14-29)27(18,4)13-22(31)24(17)26/h16-21,24,29-30H,5-15H2,1-4H3/t16?,17-,18-,19+,20?,21?,24+,26-,27-/m0/s1. The molecular formula is C27H43NO5. The molecule has 0 bridgehead atoms. The summed E-state index contributed by atoms with van der Waals surface area (Å²) >= 11 is 0. The van der Waals surface area contributed by atoms with E-state index >= 15 is 0 Å². The van der Waals surface area contributed by atoms with Gasteiger partial charge in [0.05, 0.1) is 18.3 Å². The Morgan fingerprint density at radius 1 is 1.12 bits per heavy atom. The molecule has 0 aromatic rings. The topological polar surface area (TPSA) is 87.1 Å². The summed E-state index contributed by atoms with van der Waals surface area (Å²) in [5.41, 5.74) is -0.624. The van der Waals surface area contributed by atoms with Gasteiger partial charge in [-0.05, 0) is 81.0 Å². The van der Waals surface area contributed by atoms with E-state index in [1.54, 1.807) is 0 Å². The molecule has 6 nitrogen and oxygen atoms in total. The average molecular weight is 462 g/mol. The van der Waals surface area contributed by atoms with Gasteiger partial charge in [0.2, 0.25) is 0 Å². The molecule has 0 spiro atoms. The van der Waals surface area contributed by atoms with Crippen LogP contribution in [0.5, 0.6) is 0 Å². The number of carbonyl (C=O) groups is 2. The second kappa shape index (κ2) is 8.11. The molecular weight excluding hydrogens is 418 g/mol. The molecule has 0 aromatic carbocycles. The van der Waals surface area contributed by atoms with Crippen LogP contribution >= 0.6 is 0 Å². The first-order valence-electron chi connectivity index (χ1n) is 13.2. The van der Waals surface area contributed by atoms with Crippen LogP contribution in [0.2, 0.25) is 0 Å². The Morgan fingerprint density at radius 3 is 2.58 bits per heavy atom. The molecule has 2 N–H and O–H groups in total. The zero-order chi connectivity index (χ0) is 23.8. The summed E-state index contributed by atoms with van der Waals surface area (Å²) in [5.74, 6) is 1.18. The third-order valence-corrected chi connectivity index (χ3v) is 10.8. The molecule has 3 unspecified atom stereocenters. The monoisotopic (exact) mass is 461 g/mol. The van der Waals surface area contributed by atoms with E-state index in [0.717, 1.165) is 51.6 Å².